The van der Waals surface area contributed by atoms with Crippen LogP contribution in [0.4, 0.5) is 5.69 Å². The van der Waals surface area contributed by atoms with Crippen LogP contribution in [0.2, 0.25) is 0 Å². The Labute approximate surface area is 160 Å². The van der Waals surface area contributed by atoms with Crippen LogP contribution < -0.4 is 4.90 Å². The molecule has 0 fully saturated rings. The Kier molecular flexibility index (Phi) is 4.80. The van der Waals surface area contributed by atoms with Crippen LogP contribution in [0.5, 0.6) is 0 Å². The van der Waals surface area contributed by atoms with Gasteiger partial charge in [0.25, 0.3) is 5.91 Å². The zero-order valence-electron chi connectivity index (χ0n) is 16.0. The molecule has 0 saturated carbocycles. The van der Waals surface area contributed by atoms with Gasteiger partial charge in [-0.2, -0.15) is 0 Å². The molecular weight excluding hydrogens is 334 g/mol. The normalized spacial score (nSPS) is 13.7. The third kappa shape index (κ3) is 3.39. The number of aryl methyl sites for hydroxylation is 1. The number of hydrogen-bond donors (Lipinski definition) is 0. The maximum atomic E-state index is 13.3. The predicted molar refractivity (Wildman–Crippen MR) is 109 cm³/mol. The number of anilines is 1. The quantitative estimate of drug-likeness (QED) is 0.670. The fourth-order valence-electron chi connectivity index (χ4n) is 3.74. The number of carbonyl (C=O) groups is 1. The van der Waals surface area contributed by atoms with Gasteiger partial charge in [-0.15, -0.1) is 0 Å². The zero-order chi connectivity index (χ0) is 18.8. The minimum atomic E-state index is -0.0368. The lowest BCUT2D eigenvalue weighted by Crippen LogP contribution is -2.27. The number of rotatable bonds is 3. The van der Waals surface area contributed by atoms with Gasteiger partial charge in [-0.3, -0.25) is 4.79 Å². The van der Waals surface area contributed by atoms with Gasteiger partial charge in [0.2, 0.25) is 0 Å². The molecule has 0 bridgehead atoms. The number of hydrogen-bond acceptors (Lipinski definition) is 2. The molecule has 4 nitrogen and oxygen atoms in total. The zero-order valence-corrected chi connectivity index (χ0v) is 16.0. The van der Waals surface area contributed by atoms with E-state index in [1.54, 1.807) is 4.90 Å². The molecule has 4 rings (SSSR count). The average Bonchev–Trinajstić information content (AvgIpc) is 2.89. The second kappa shape index (κ2) is 7.39. The molecule has 0 aliphatic carbocycles. The summed E-state index contributed by atoms with van der Waals surface area (Å²) in [6.45, 7) is 3.01. The highest BCUT2D eigenvalue weighted by Crippen LogP contribution is 2.28. The highest BCUT2D eigenvalue weighted by Gasteiger charge is 2.26. The molecule has 4 heteroatoms. The van der Waals surface area contributed by atoms with Crippen LogP contribution in [0.15, 0.2) is 54.6 Å². The highest BCUT2D eigenvalue weighted by atomic mass is 16.2. The van der Waals surface area contributed by atoms with Gasteiger partial charge in [0, 0.05) is 24.8 Å². The average molecular weight is 359 g/mol. The molecule has 0 N–H and O–H groups in total. The molecule has 0 atom stereocenters. The number of amides is 1. The third-order valence-corrected chi connectivity index (χ3v) is 5.33. The lowest BCUT2D eigenvalue weighted by molar-refractivity contribution is 0.0987. The summed E-state index contributed by atoms with van der Waals surface area (Å²) < 4.78 is 2.27. The number of fused-ring (bicyclic) bond motifs is 1. The second-order valence-electron chi connectivity index (χ2n) is 7.26. The molecule has 1 aromatic heterocycles. The van der Waals surface area contributed by atoms with E-state index in [9.17, 15) is 4.79 Å². The van der Waals surface area contributed by atoms with E-state index in [0.29, 0.717) is 5.69 Å². The van der Waals surface area contributed by atoms with Crippen molar-refractivity contribution >= 4 is 11.6 Å². The van der Waals surface area contributed by atoms with Crippen LogP contribution in [0.1, 0.15) is 41.0 Å². The molecule has 1 aliphatic rings. The van der Waals surface area contributed by atoms with Gasteiger partial charge in [0.1, 0.15) is 5.82 Å². The Bertz CT molecular complexity index is 942. The Balaban J connectivity index is 1.78. The molecule has 0 unspecified atom stereocenters. The van der Waals surface area contributed by atoms with Crippen molar-refractivity contribution in [3.8, 4) is 11.4 Å². The van der Waals surface area contributed by atoms with Gasteiger partial charge in [-0.25, -0.2) is 4.98 Å². The summed E-state index contributed by atoms with van der Waals surface area (Å²) in [5.74, 6) is 0.877. The summed E-state index contributed by atoms with van der Waals surface area (Å²) in [5, 5.41) is 0. The van der Waals surface area contributed by atoms with Crippen molar-refractivity contribution in [1.29, 1.82) is 0 Å². The van der Waals surface area contributed by atoms with Crippen LogP contribution in [0, 0.1) is 6.92 Å². The van der Waals surface area contributed by atoms with Gasteiger partial charge in [0.05, 0.1) is 5.69 Å². The van der Waals surface area contributed by atoms with Gasteiger partial charge in [0.15, 0.2) is 5.69 Å². The third-order valence-electron chi connectivity index (χ3n) is 5.33. The van der Waals surface area contributed by atoms with Crippen LogP contribution in [-0.2, 0) is 13.0 Å². The number of nitrogens with zero attached hydrogens (tertiary/aromatic N) is 3. The SMILES string of the molecule is Cc1ccc(-c2nc(C(=O)N(C)c3ccccc3)c3n2CCCCC3)cc1. The van der Waals surface area contributed by atoms with E-state index < -0.39 is 0 Å². The van der Waals surface area contributed by atoms with Gasteiger partial charge >= 0.3 is 0 Å². The van der Waals surface area contributed by atoms with Gasteiger partial charge in [-0.05, 0) is 38.3 Å². The summed E-state index contributed by atoms with van der Waals surface area (Å²) in [7, 11) is 1.83. The van der Waals surface area contributed by atoms with E-state index in [2.05, 4.69) is 35.8 Å². The monoisotopic (exact) mass is 359 g/mol. The van der Waals surface area contributed by atoms with Crippen molar-refractivity contribution in [3.63, 3.8) is 0 Å². The molecule has 2 aromatic carbocycles. The molecule has 0 saturated heterocycles. The summed E-state index contributed by atoms with van der Waals surface area (Å²) in [5.41, 5.74) is 4.86. The molecule has 1 aliphatic heterocycles. The largest absolute Gasteiger partial charge is 0.327 e. The van der Waals surface area contributed by atoms with Crippen LogP contribution in [0.3, 0.4) is 0 Å². The highest BCUT2D eigenvalue weighted by molar-refractivity contribution is 6.05. The Morgan fingerprint density at radius 3 is 2.48 bits per heavy atom. The smallest absolute Gasteiger partial charge is 0.278 e. The fraction of sp³-hybridized carbons (Fsp3) is 0.304. The Hall–Kier alpha value is -2.88. The standard InChI is InChI=1S/C23H25N3O/c1-17-12-14-18(15-13-17)22-24-21(20-11-7-4-8-16-26(20)22)23(27)25(2)19-9-5-3-6-10-19/h3,5-6,9-10,12-15H,4,7-8,11,16H2,1-2H3. The minimum absolute atomic E-state index is 0.0368. The van der Waals surface area contributed by atoms with E-state index in [4.69, 9.17) is 4.98 Å². The molecule has 1 amide bonds. The van der Waals surface area contributed by atoms with E-state index >= 15 is 0 Å². The summed E-state index contributed by atoms with van der Waals surface area (Å²) in [4.78, 5) is 19.8. The van der Waals surface area contributed by atoms with Crippen molar-refractivity contribution in [2.75, 3.05) is 11.9 Å². The molecule has 27 heavy (non-hydrogen) atoms. The van der Waals surface area contributed by atoms with E-state index in [1.165, 1.54) is 12.0 Å². The lowest BCUT2D eigenvalue weighted by Gasteiger charge is -2.17. The topological polar surface area (TPSA) is 38.1 Å². The molecule has 3 aromatic rings. The second-order valence-corrected chi connectivity index (χ2v) is 7.26. The predicted octanol–water partition coefficient (Wildman–Crippen LogP) is 4.86. The molecule has 138 valence electrons. The first-order chi connectivity index (χ1) is 13.1. The minimum Gasteiger partial charge on any atom is -0.327 e. The number of carbonyl (C=O) groups excluding carboxylic acids is 1. The fourth-order valence-corrected chi connectivity index (χ4v) is 3.74. The summed E-state index contributed by atoms with van der Waals surface area (Å²) in [6, 6.07) is 18.2. The number of imidazole rings is 1. The first-order valence-corrected chi connectivity index (χ1v) is 9.64. The van der Waals surface area contributed by atoms with Gasteiger partial charge < -0.3 is 9.47 Å². The van der Waals surface area contributed by atoms with Crippen molar-refractivity contribution in [2.45, 2.75) is 39.2 Å². The van der Waals surface area contributed by atoms with E-state index in [0.717, 1.165) is 48.6 Å². The summed E-state index contributed by atoms with van der Waals surface area (Å²) in [6.07, 6.45) is 4.33. The van der Waals surface area contributed by atoms with E-state index in [1.807, 2.05) is 37.4 Å². The van der Waals surface area contributed by atoms with Crippen LogP contribution in [-0.4, -0.2) is 22.5 Å². The van der Waals surface area contributed by atoms with Crippen molar-refractivity contribution in [1.82, 2.24) is 9.55 Å². The molecule has 0 spiro atoms. The number of para-hydroxylation sites is 1. The van der Waals surface area contributed by atoms with Crippen molar-refractivity contribution in [2.24, 2.45) is 0 Å². The maximum absolute atomic E-state index is 13.3. The number of benzene rings is 2. The van der Waals surface area contributed by atoms with Crippen LogP contribution in [0.25, 0.3) is 11.4 Å². The Morgan fingerprint density at radius 2 is 1.74 bits per heavy atom. The molecule has 2 heterocycles. The summed E-state index contributed by atoms with van der Waals surface area (Å²) >= 11 is 0. The van der Waals surface area contributed by atoms with Gasteiger partial charge in [-0.1, -0.05) is 54.4 Å². The molecule has 0 radical (unpaired) electrons. The van der Waals surface area contributed by atoms with Crippen molar-refractivity contribution < 1.29 is 4.79 Å². The van der Waals surface area contributed by atoms with Crippen LogP contribution >= 0.6 is 0 Å². The Morgan fingerprint density at radius 1 is 1.00 bits per heavy atom. The number of aromatic nitrogens is 2. The van der Waals surface area contributed by atoms with E-state index in [-0.39, 0.29) is 5.91 Å². The maximum Gasteiger partial charge on any atom is 0.278 e. The molecular formula is C23H25N3O. The first kappa shape index (κ1) is 17.5. The van der Waals surface area contributed by atoms with Crippen molar-refractivity contribution in [3.05, 3.63) is 71.5 Å². The first-order valence-electron chi connectivity index (χ1n) is 9.64. The lowest BCUT2D eigenvalue weighted by atomic mass is 10.1.